The molecule has 1 amide bonds. The molecule has 4 rings (SSSR count). The van der Waals surface area contributed by atoms with Gasteiger partial charge in [0.1, 0.15) is 5.71 Å². The van der Waals surface area contributed by atoms with Crippen LogP contribution in [0.2, 0.25) is 0 Å². The smallest absolute Gasteiger partial charge is 0.291 e. The number of ether oxygens (including phenoxy) is 1. The molecule has 0 bridgehead atoms. The van der Waals surface area contributed by atoms with Crippen LogP contribution in [0.1, 0.15) is 37.3 Å². The van der Waals surface area contributed by atoms with Crippen molar-refractivity contribution >= 4 is 17.3 Å². The van der Waals surface area contributed by atoms with E-state index in [1.165, 1.54) is 0 Å². The summed E-state index contributed by atoms with van der Waals surface area (Å²) in [6, 6.07) is 20.0. The quantitative estimate of drug-likeness (QED) is 0.823. The minimum atomic E-state index is -0.375. The summed E-state index contributed by atoms with van der Waals surface area (Å²) in [4.78, 5) is 18.0. The normalized spacial score (nSPS) is 22.4. The molecule has 2 heterocycles. The average molecular weight is 365 g/mol. The predicted octanol–water partition coefficient (Wildman–Crippen LogP) is 3.57. The number of anilines is 1. The van der Waals surface area contributed by atoms with Crippen LogP contribution in [0.5, 0.6) is 0 Å². The van der Waals surface area contributed by atoms with Gasteiger partial charge in [0.2, 0.25) is 0 Å². The third-order valence-corrected chi connectivity index (χ3v) is 4.80. The van der Waals surface area contributed by atoms with Gasteiger partial charge in [0, 0.05) is 19.4 Å². The van der Waals surface area contributed by atoms with Crippen LogP contribution < -0.4 is 10.5 Å². The van der Waals surface area contributed by atoms with Gasteiger partial charge in [-0.3, -0.25) is 9.80 Å². The van der Waals surface area contributed by atoms with Gasteiger partial charge in [0.05, 0.1) is 11.7 Å². The second kappa shape index (κ2) is 8.33. The zero-order valence-electron chi connectivity index (χ0n) is 15.1. The number of carbonyl (C=O) groups is 1. The largest absolute Gasteiger partial charge is 0.350 e. The fourth-order valence-corrected chi connectivity index (χ4v) is 3.38. The number of amides is 1. The fourth-order valence-electron chi connectivity index (χ4n) is 3.38. The lowest BCUT2D eigenvalue weighted by Gasteiger charge is -2.23. The number of benzene rings is 2. The summed E-state index contributed by atoms with van der Waals surface area (Å²) in [5.74, 6) is -0.316. The molecule has 2 aromatic rings. The second-order valence-electron chi connectivity index (χ2n) is 6.70. The minimum absolute atomic E-state index is 0.0275. The van der Waals surface area contributed by atoms with Gasteiger partial charge in [0.25, 0.3) is 5.91 Å². The molecule has 2 atom stereocenters. The Labute approximate surface area is 158 Å². The van der Waals surface area contributed by atoms with E-state index in [2.05, 4.69) is 22.7 Å². The second-order valence-corrected chi connectivity index (χ2v) is 6.70. The highest BCUT2D eigenvalue weighted by atomic mass is 16.8. The number of nitrogens with one attached hydrogen (secondary N) is 1. The van der Waals surface area contributed by atoms with E-state index >= 15 is 0 Å². The highest BCUT2D eigenvalue weighted by Gasteiger charge is 2.32. The number of hydrogen-bond acceptors (Lipinski definition) is 5. The Balaban J connectivity index is 1.50. The van der Waals surface area contributed by atoms with E-state index in [0.29, 0.717) is 18.7 Å². The zero-order chi connectivity index (χ0) is 18.5. The maximum Gasteiger partial charge on any atom is 0.291 e. The van der Waals surface area contributed by atoms with Crippen molar-refractivity contribution in [3.8, 4) is 0 Å². The van der Waals surface area contributed by atoms with Crippen molar-refractivity contribution in [2.24, 2.45) is 5.10 Å². The van der Waals surface area contributed by atoms with Gasteiger partial charge in [-0.2, -0.15) is 5.10 Å². The molecule has 1 saturated heterocycles. The summed E-state index contributed by atoms with van der Waals surface area (Å²) >= 11 is 0. The molecule has 0 spiro atoms. The van der Waals surface area contributed by atoms with E-state index in [1.54, 1.807) is 0 Å². The molecule has 140 valence electrons. The van der Waals surface area contributed by atoms with E-state index in [1.807, 2.05) is 53.5 Å². The van der Waals surface area contributed by atoms with Crippen molar-refractivity contribution < 1.29 is 14.4 Å². The van der Waals surface area contributed by atoms with Crippen molar-refractivity contribution in [3.63, 3.8) is 0 Å². The van der Waals surface area contributed by atoms with Gasteiger partial charge in [-0.05, 0) is 30.5 Å². The van der Waals surface area contributed by atoms with Crippen molar-refractivity contribution in [1.29, 1.82) is 0 Å². The molecule has 0 aromatic heterocycles. The van der Waals surface area contributed by atoms with Crippen LogP contribution in [0.15, 0.2) is 65.8 Å². The molecule has 1 N–H and O–H groups in total. The molecule has 2 aliphatic heterocycles. The Morgan fingerprint density at radius 2 is 1.81 bits per heavy atom. The monoisotopic (exact) mass is 365 g/mol. The molecule has 27 heavy (non-hydrogen) atoms. The molecule has 6 nitrogen and oxygen atoms in total. The molecule has 0 aliphatic carbocycles. The van der Waals surface area contributed by atoms with Gasteiger partial charge in [-0.1, -0.05) is 48.5 Å². The van der Waals surface area contributed by atoms with Gasteiger partial charge >= 0.3 is 0 Å². The van der Waals surface area contributed by atoms with Crippen LogP contribution in [0, 0.1) is 0 Å². The molecule has 2 aromatic carbocycles. The summed E-state index contributed by atoms with van der Waals surface area (Å²) in [6.07, 6.45) is 3.00. The van der Waals surface area contributed by atoms with Crippen molar-refractivity contribution in [2.45, 2.75) is 38.0 Å². The summed E-state index contributed by atoms with van der Waals surface area (Å²) in [5, 5.41) is 6.50. The van der Waals surface area contributed by atoms with Gasteiger partial charge in [-0.25, -0.2) is 10.3 Å². The highest BCUT2D eigenvalue weighted by molar-refractivity contribution is 6.39. The zero-order valence-corrected chi connectivity index (χ0v) is 15.1. The molecule has 0 radical (unpaired) electrons. The molecular weight excluding hydrogens is 342 g/mol. The minimum Gasteiger partial charge on any atom is -0.350 e. The lowest BCUT2D eigenvalue weighted by Crippen LogP contribution is -2.36. The molecular formula is C21H23N3O3. The lowest BCUT2D eigenvalue weighted by atomic mass is 10.0. The van der Waals surface area contributed by atoms with E-state index in [4.69, 9.17) is 9.57 Å². The Hall–Kier alpha value is -2.70. The first-order valence-corrected chi connectivity index (χ1v) is 9.35. The number of para-hydroxylation sites is 1. The van der Waals surface area contributed by atoms with E-state index in [9.17, 15) is 4.79 Å². The SMILES string of the molecule is O=C(NO[C@H]1CCCCO1)C1=NN(c2ccccc2)[C@H](c2ccccc2)C1. The maximum atomic E-state index is 12.6. The number of nitrogens with zero attached hydrogens (tertiary/aromatic N) is 2. The van der Waals surface area contributed by atoms with Gasteiger partial charge < -0.3 is 4.74 Å². The highest BCUT2D eigenvalue weighted by Crippen LogP contribution is 2.35. The van der Waals surface area contributed by atoms with Crippen LogP contribution in [0.25, 0.3) is 0 Å². The van der Waals surface area contributed by atoms with Crippen LogP contribution in [-0.4, -0.2) is 24.5 Å². The first-order valence-electron chi connectivity index (χ1n) is 9.35. The topological polar surface area (TPSA) is 63.2 Å². The van der Waals surface area contributed by atoms with Crippen LogP contribution >= 0.6 is 0 Å². The number of hydrogen-bond donors (Lipinski definition) is 1. The van der Waals surface area contributed by atoms with Gasteiger partial charge in [0.15, 0.2) is 6.29 Å². The van der Waals surface area contributed by atoms with Crippen molar-refractivity contribution in [1.82, 2.24) is 5.48 Å². The molecule has 1 fully saturated rings. The number of carbonyl (C=O) groups excluding carboxylic acids is 1. The number of hydroxylamine groups is 1. The van der Waals surface area contributed by atoms with Crippen LogP contribution in [0.3, 0.4) is 0 Å². The fraction of sp³-hybridized carbons (Fsp3) is 0.333. The summed E-state index contributed by atoms with van der Waals surface area (Å²) in [5.41, 5.74) is 5.03. The Morgan fingerprint density at radius 3 is 2.52 bits per heavy atom. The molecule has 0 saturated carbocycles. The predicted molar refractivity (Wildman–Crippen MR) is 103 cm³/mol. The Morgan fingerprint density at radius 1 is 1.07 bits per heavy atom. The Kier molecular flexibility index (Phi) is 5.46. The maximum absolute atomic E-state index is 12.6. The van der Waals surface area contributed by atoms with Gasteiger partial charge in [-0.15, -0.1) is 0 Å². The average Bonchev–Trinajstić information content (AvgIpc) is 3.20. The number of rotatable bonds is 5. The van der Waals surface area contributed by atoms with Crippen LogP contribution in [0.4, 0.5) is 5.69 Å². The third kappa shape index (κ3) is 4.18. The molecule has 0 unspecified atom stereocenters. The third-order valence-electron chi connectivity index (χ3n) is 4.80. The first kappa shape index (κ1) is 17.7. The van der Waals surface area contributed by atoms with E-state index in [-0.39, 0.29) is 18.2 Å². The van der Waals surface area contributed by atoms with E-state index in [0.717, 1.165) is 30.5 Å². The number of hydrazone groups is 1. The summed E-state index contributed by atoms with van der Waals surface area (Å²) in [6.45, 7) is 0.666. The molecule has 2 aliphatic rings. The van der Waals surface area contributed by atoms with Crippen molar-refractivity contribution in [2.75, 3.05) is 11.6 Å². The standard InChI is InChI=1S/C21H23N3O3/c25-21(23-27-20-13-7-8-14-26-20)18-15-19(16-9-3-1-4-10-16)24(22-18)17-11-5-2-6-12-17/h1-6,9-12,19-20H,7-8,13-15H2,(H,23,25)/t19-,20-/m0/s1. The summed E-state index contributed by atoms with van der Waals surface area (Å²) < 4.78 is 5.48. The van der Waals surface area contributed by atoms with E-state index < -0.39 is 0 Å². The molecule has 6 heteroatoms. The van der Waals surface area contributed by atoms with Crippen LogP contribution in [-0.2, 0) is 14.4 Å². The first-order chi connectivity index (χ1) is 13.3. The summed E-state index contributed by atoms with van der Waals surface area (Å²) in [7, 11) is 0. The lowest BCUT2D eigenvalue weighted by molar-refractivity contribution is -0.197. The Bertz CT molecular complexity index is 789. The van der Waals surface area contributed by atoms with Crippen molar-refractivity contribution in [3.05, 3.63) is 66.2 Å².